The maximum absolute atomic E-state index is 11.4. The number of nitrogens with two attached hydrogens (primary N) is 1. The van der Waals surface area contributed by atoms with Gasteiger partial charge in [-0.2, -0.15) is 0 Å². The van der Waals surface area contributed by atoms with Crippen LogP contribution < -0.4 is 16.4 Å². The van der Waals surface area contributed by atoms with Crippen LogP contribution in [0.1, 0.15) is 19.8 Å². The Bertz CT molecular complexity index is 283. The van der Waals surface area contributed by atoms with Gasteiger partial charge in [-0.1, -0.05) is 6.92 Å². The Hall–Kier alpha value is -1.14. The number of hydrogen-bond donors (Lipinski definition) is 3. The van der Waals surface area contributed by atoms with Gasteiger partial charge < -0.3 is 16.0 Å². The van der Waals surface area contributed by atoms with Gasteiger partial charge in [-0.15, -0.1) is 0 Å². The summed E-state index contributed by atoms with van der Waals surface area (Å²) in [4.78, 5) is 24.4. The SMILES string of the molecule is CNC(=O)NC(=O)CCN1CCC(C)C(N)C1. The molecule has 1 fully saturated rings. The summed E-state index contributed by atoms with van der Waals surface area (Å²) in [5, 5.41) is 4.58. The summed E-state index contributed by atoms with van der Waals surface area (Å²) in [6, 6.07) is -0.273. The Kier molecular flexibility index (Phi) is 5.37. The molecule has 2 atom stereocenters. The molecule has 0 aromatic carbocycles. The minimum absolute atomic E-state index is 0.186. The number of piperidine rings is 1. The zero-order chi connectivity index (χ0) is 12.8. The van der Waals surface area contributed by atoms with Crippen LogP contribution in [0.3, 0.4) is 0 Å². The van der Waals surface area contributed by atoms with Crippen LogP contribution in [-0.4, -0.2) is 49.6 Å². The normalized spacial score (nSPS) is 25.4. The molecule has 6 nitrogen and oxygen atoms in total. The average Bonchev–Trinajstić information content (AvgIpc) is 2.30. The molecule has 1 aliphatic heterocycles. The molecule has 2 unspecified atom stereocenters. The molecular formula is C11H22N4O2. The Morgan fingerprint density at radius 2 is 2.18 bits per heavy atom. The van der Waals surface area contributed by atoms with Crippen molar-refractivity contribution in [3.8, 4) is 0 Å². The fourth-order valence-corrected chi connectivity index (χ4v) is 1.88. The molecule has 0 aromatic heterocycles. The van der Waals surface area contributed by atoms with E-state index < -0.39 is 6.03 Å². The molecule has 1 heterocycles. The first-order chi connectivity index (χ1) is 8.02. The number of nitrogens with one attached hydrogen (secondary N) is 2. The Labute approximate surface area is 102 Å². The number of urea groups is 1. The second-order valence-corrected chi connectivity index (χ2v) is 4.61. The molecule has 1 saturated heterocycles. The van der Waals surface area contributed by atoms with Gasteiger partial charge in [0.25, 0.3) is 0 Å². The number of carbonyl (C=O) groups is 2. The first-order valence-corrected chi connectivity index (χ1v) is 6.02. The predicted molar refractivity (Wildman–Crippen MR) is 65.4 cm³/mol. The van der Waals surface area contributed by atoms with Gasteiger partial charge >= 0.3 is 6.03 Å². The molecule has 6 heteroatoms. The summed E-state index contributed by atoms with van der Waals surface area (Å²) in [6.45, 7) is 4.61. The van der Waals surface area contributed by atoms with Crippen molar-refractivity contribution in [1.29, 1.82) is 0 Å². The molecule has 0 radical (unpaired) electrons. The smallest absolute Gasteiger partial charge is 0.321 e. The lowest BCUT2D eigenvalue weighted by Crippen LogP contribution is -2.48. The third-order valence-corrected chi connectivity index (χ3v) is 3.24. The van der Waals surface area contributed by atoms with E-state index >= 15 is 0 Å². The highest BCUT2D eigenvalue weighted by Gasteiger charge is 2.23. The monoisotopic (exact) mass is 242 g/mol. The van der Waals surface area contributed by atoms with Crippen molar-refractivity contribution in [2.45, 2.75) is 25.8 Å². The highest BCUT2D eigenvalue weighted by atomic mass is 16.2. The minimum Gasteiger partial charge on any atom is -0.341 e. The van der Waals surface area contributed by atoms with Crippen molar-refractivity contribution in [3.63, 3.8) is 0 Å². The van der Waals surface area contributed by atoms with Crippen LogP contribution in [0, 0.1) is 5.92 Å². The lowest BCUT2D eigenvalue weighted by Gasteiger charge is -2.34. The first-order valence-electron chi connectivity index (χ1n) is 6.02. The summed E-state index contributed by atoms with van der Waals surface area (Å²) in [7, 11) is 1.48. The van der Waals surface area contributed by atoms with Crippen LogP contribution in [0.4, 0.5) is 4.79 Å². The third-order valence-electron chi connectivity index (χ3n) is 3.24. The van der Waals surface area contributed by atoms with Gasteiger partial charge in [0.05, 0.1) is 0 Å². The van der Waals surface area contributed by atoms with Gasteiger partial charge in [0.1, 0.15) is 0 Å². The zero-order valence-corrected chi connectivity index (χ0v) is 10.5. The maximum Gasteiger partial charge on any atom is 0.321 e. The molecule has 98 valence electrons. The lowest BCUT2D eigenvalue weighted by molar-refractivity contribution is -0.120. The van der Waals surface area contributed by atoms with E-state index in [0.29, 0.717) is 18.9 Å². The van der Waals surface area contributed by atoms with E-state index in [1.54, 1.807) is 0 Å². The largest absolute Gasteiger partial charge is 0.341 e. The van der Waals surface area contributed by atoms with Crippen molar-refractivity contribution >= 4 is 11.9 Å². The minimum atomic E-state index is -0.459. The van der Waals surface area contributed by atoms with Crippen molar-refractivity contribution in [2.75, 3.05) is 26.7 Å². The molecule has 0 aromatic rings. The fraction of sp³-hybridized carbons (Fsp3) is 0.818. The summed E-state index contributed by atoms with van der Waals surface area (Å²) in [5.74, 6) is 0.294. The van der Waals surface area contributed by atoms with Crippen molar-refractivity contribution in [1.82, 2.24) is 15.5 Å². The van der Waals surface area contributed by atoms with E-state index in [2.05, 4.69) is 22.5 Å². The Morgan fingerprint density at radius 1 is 1.47 bits per heavy atom. The number of hydrogen-bond acceptors (Lipinski definition) is 4. The molecule has 4 N–H and O–H groups in total. The van der Waals surface area contributed by atoms with Gasteiger partial charge in [-0.25, -0.2) is 4.79 Å². The molecule has 1 rings (SSSR count). The number of likely N-dealkylation sites (tertiary alicyclic amines) is 1. The molecular weight excluding hydrogens is 220 g/mol. The van der Waals surface area contributed by atoms with E-state index in [-0.39, 0.29) is 11.9 Å². The van der Waals surface area contributed by atoms with E-state index in [9.17, 15) is 9.59 Å². The van der Waals surface area contributed by atoms with E-state index in [1.165, 1.54) is 7.05 Å². The second-order valence-electron chi connectivity index (χ2n) is 4.61. The molecule has 3 amide bonds. The number of imide groups is 1. The third kappa shape index (κ3) is 4.70. The quantitative estimate of drug-likeness (QED) is 0.622. The molecule has 0 bridgehead atoms. The standard InChI is InChI=1S/C11H22N4O2/c1-8-3-5-15(7-9(8)12)6-4-10(16)14-11(17)13-2/h8-9H,3-7,12H2,1-2H3,(H2,13,14,16,17). The summed E-state index contributed by atoms with van der Waals surface area (Å²) < 4.78 is 0. The lowest BCUT2D eigenvalue weighted by atomic mass is 9.94. The molecule has 0 spiro atoms. The molecule has 1 aliphatic rings. The van der Waals surface area contributed by atoms with Crippen LogP contribution in [0.15, 0.2) is 0 Å². The highest BCUT2D eigenvalue weighted by Crippen LogP contribution is 2.15. The van der Waals surface area contributed by atoms with Crippen LogP contribution >= 0.6 is 0 Å². The average molecular weight is 242 g/mol. The summed E-state index contributed by atoms with van der Waals surface area (Å²) in [6.07, 6.45) is 1.40. The maximum atomic E-state index is 11.4. The van der Waals surface area contributed by atoms with Crippen LogP contribution in [0.25, 0.3) is 0 Å². The predicted octanol–water partition coefficient (Wildman–Crippen LogP) is -0.499. The Balaban J connectivity index is 2.22. The van der Waals surface area contributed by atoms with Crippen molar-refractivity contribution < 1.29 is 9.59 Å². The van der Waals surface area contributed by atoms with Crippen molar-refractivity contribution in [2.24, 2.45) is 11.7 Å². The molecule has 17 heavy (non-hydrogen) atoms. The van der Waals surface area contributed by atoms with Gasteiger partial charge in [-0.3, -0.25) is 10.1 Å². The van der Waals surface area contributed by atoms with Crippen molar-refractivity contribution in [3.05, 3.63) is 0 Å². The number of rotatable bonds is 3. The van der Waals surface area contributed by atoms with Crippen LogP contribution in [0.2, 0.25) is 0 Å². The number of amides is 3. The van der Waals surface area contributed by atoms with Gasteiger partial charge in [0.15, 0.2) is 0 Å². The topological polar surface area (TPSA) is 87.5 Å². The van der Waals surface area contributed by atoms with Crippen LogP contribution in [-0.2, 0) is 4.79 Å². The zero-order valence-electron chi connectivity index (χ0n) is 10.5. The van der Waals surface area contributed by atoms with E-state index in [0.717, 1.165) is 19.5 Å². The van der Waals surface area contributed by atoms with Gasteiger partial charge in [0, 0.05) is 32.6 Å². The van der Waals surface area contributed by atoms with E-state index in [4.69, 9.17) is 5.73 Å². The molecule has 0 saturated carbocycles. The van der Waals surface area contributed by atoms with Gasteiger partial charge in [-0.05, 0) is 18.9 Å². The number of nitrogens with zero attached hydrogens (tertiary/aromatic N) is 1. The van der Waals surface area contributed by atoms with E-state index in [1.807, 2.05) is 0 Å². The second kappa shape index (κ2) is 6.56. The summed E-state index contributed by atoms with van der Waals surface area (Å²) in [5.41, 5.74) is 5.97. The Morgan fingerprint density at radius 3 is 2.76 bits per heavy atom. The van der Waals surface area contributed by atoms with Crippen LogP contribution in [0.5, 0.6) is 0 Å². The van der Waals surface area contributed by atoms with Gasteiger partial charge in [0.2, 0.25) is 5.91 Å². The fourth-order valence-electron chi connectivity index (χ4n) is 1.88. The highest BCUT2D eigenvalue weighted by molar-refractivity contribution is 5.94. The first kappa shape index (κ1) is 13.9. The number of carbonyl (C=O) groups excluding carboxylic acids is 2. The summed E-state index contributed by atoms with van der Waals surface area (Å²) >= 11 is 0. The molecule has 0 aliphatic carbocycles.